The van der Waals surface area contributed by atoms with Gasteiger partial charge in [-0.05, 0) is 36.6 Å². The maximum Gasteiger partial charge on any atom is 0.328 e. The van der Waals surface area contributed by atoms with Gasteiger partial charge in [0.05, 0.1) is 0 Å². The van der Waals surface area contributed by atoms with Gasteiger partial charge in [-0.15, -0.1) is 0 Å². The van der Waals surface area contributed by atoms with Gasteiger partial charge in [0.25, 0.3) is 0 Å². The zero-order valence-electron chi connectivity index (χ0n) is 10.0. The number of phenols is 2. The van der Waals surface area contributed by atoms with E-state index in [2.05, 4.69) is 5.32 Å². The summed E-state index contributed by atoms with van der Waals surface area (Å²) in [5.41, 5.74) is -1.01. The zero-order valence-corrected chi connectivity index (χ0v) is 10.0. The fraction of sp³-hybridized carbons (Fsp3) is 0.333. The molecule has 19 heavy (non-hydrogen) atoms. The van der Waals surface area contributed by atoms with Crippen LogP contribution in [-0.2, 0) is 21.5 Å². The maximum absolute atomic E-state index is 11.4. The van der Waals surface area contributed by atoms with Gasteiger partial charge in [0.15, 0.2) is 11.5 Å². The summed E-state index contributed by atoms with van der Waals surface area (Å²) in [5.74, 6) is -3.28. The molecule has 0 aromatic heterocycles. The van der Waals surface area contributed by atoms with Crippen LogP contribution in [0.5, 0.6) is 11.5 Å². The molecule has 1 aliphatic heterocycles. The van der Waals surface area contributed by atoms with Crippen molar-refractivity contribution in [3.63, 3.8) is 0 Å². The summed E-state index contributed by atoms with van der Waals surface area (Å²) in [7, 11) is 0. The van der Waals surface area contributed by atoms with Crippen LogP contribution < -0.4 is 5.32 Å². The molecule has 0 aliphatic carbocycles. The second-order valence-electron chi connectivity index (χ2n) is 4.67. The van der Waals surface area contributed by atoms with Crippen molar-refractivity contribution in [3.8, 4) is 11.5 Å². The molecule has 7 nitrogen and oxygen atoms in total. The van der Waals surface area contributed by atoms with E-state index in [-0.39, 0.29) is 12.0 Å². The van der Waals surface area contributed by atoms with Gasteiger partial charge in [0, 0.05) is 0 Å². The third kappa shape index (κ3) is 1.97. The molecule has 1 aromatic rings. The zero-order chi connectivity index (χ0) is 14.4. The molecule has 7 heteroatoms. The van der Waals surface area contributed by atoms with Crippen molar-refractivity contribution in [2.75, 3.05) is 0 Å². The Morgan fingerprint density at radius 1 is 1.26 bits per heavy atom. The molecule has 1 aliphatic rings. The Balaban J connectivity index is 2.63. The number of aromatic hydroxyl groups is 2. The smallest absolute Gasteiger partial charge is 0.328 e. The molecule has 0 bridgehead atoms. The van der Waals surface area contributed by atoms with E-state index in [1.54, 1.807) is 0 Å². The Morgan fingerprint density at radius 2 is 1.84 bits per heavy atom. The van der Waals surface area contributed by atoms with Crippen molar-refractivity contribution in [2.24, 2.45) is 0 Å². The topological polar surface area (TPSA) is 127 Å². The van der Waals surface area contributed by atoms with Crippen LogP contribution in [0, 0.1) is 0 Å². The fourth-order valence-electron chi connectivity index (χ4n) is 2.28. The predicted octanol–water partition coefficient (Wildman–Crippen LogP) is -0.00350. The van der Waals surface area contributed by atoms with Gasteiger partial charge < -0.3 is 20.4 Å². The van der Waals surface area contributed by atoms with Crippen molar-refractivity contribution in [1.29, 1.82) is 0 Å². The Bertz CT molecular complexity index is 570. The van der Waals surface area contributed by atoms with Crippen molar-refractivity contribution in [2.45, 2.75) is 24.9 Å². The quantitative estimate of drug-likeness (QED) is 0.477. The molecule has 0 amide bonds. The second-order valence-corrected chi connectivity index (χ2v) is 4.67. The Kier molecular flexibility index (Phi) is 2.86. The average molecular weight is 267 g/mol. The van der Waals surface area contributed by atoms with Crippen LogP contribution in [0.1, 0.15) is 18.1 Å². The van der Waals surface area contributed by atoms with E-state index in [1.807, 2.05) is 0 Å². The number of aliphatic carboxylic acids is 2. The lowest BCUT2D eigenvalue weighted by Gasteiger charge is -2.36. The normalized spacial score (nSPS) is 25.6. The largest absolute Gasteiger partial charge is 0.504 e. The molecule has 0 saturated heterocycles. The van der Waals surface area contributed by atoms with Crippen LogP contribution in [0.3, 0.4) is 0 Å². The molecule has 0 saturated carbocycles. The number of nitrogens with one attached hydrogen (secondary N) is 1. The summed E-state index contributed by atoms with van der Waals surface area (Å²) < 4.78 is 0. The fourth-order valence-corrected chi connectivity index (χ4v) is 2.28. The van der Waals surface area contributed by atoms with E-state index in [4.69, 9.17) is 5.11 Å². The van der Waals surface area contributed by atoms with Gasteiger partial charge in [-0.2, -0.15) is 0 Å². The summed E-state index contributed by atoms with van der Waals surface area (Å²) >= 11 is 0. The van der Waals surface area contributed by atoms with Crippen LogP contribution in [0.15, 0.2) is 12.1 Å². The number of phenolic OH excluding ortho intramolecular Hbond substituents is 2. The summed E-state index contributed by atoms with van der Waals surface area (Å²) in [5, 5.41) is 39.8. The number of carboxylic acids is 2. The van der Waals surface area contributed by atoms with Crippen molar-refractivity contribution < 1.29 is 30.0 Å². The molecule has 0 fully saturated rings. The number of benzene rings is 1. The number of rotatable bonds is 2. The first-order valence-corrected chi connectivity index (χ1v) is 5.55. The van der Waals surface area contributed by atoms with Gasteiger partial charge in [0.2, 0.25) is 0 Å². The van der Waals surface area contributed by atoms with E-state index < -0.39 is 35.0 Å². The minimum absolute atomic E-state index is 0.0291. The summed E-state index contributed by atoms with van der Waals surface area (Å²) in [6.07, 6.45) is 0.0291. The molecule has 0 radical (unpaired) electrons. The van der Waals surface area contributed by atoms with Gasteiger partial charge in [-0.1, -0.05) is 0 Å². The average Bonchev–Trinajstić information content (AvgIpc) is 2.31. The van der Waals surface area contributed by atoms with Crippen molar-refractivity contribution in [3.05, 3.63) is 23.3 Å². The second kappa shape index (κ2) is 4.13. The molecule has 1 heterocycles. The van der Waals surface area contributed by atoms with Crippen LogP contribution in [0.25, 0.3) is 0 Å². The van der Waals surface area contributed by atoms with Crippen LogP contribution in [0.4, 0.5) is 0 Å². The molecule has 1 unspecified atom stereocenters. The molecule has 0 spiro atoms. The van der Waals surface area contributed by atoms with Crippen LogP contribution in [0.2, 0.25) is 0 Å². The molecule has 2 rings (SSSR count). The first-order chi connectivity index (χ1) is 8.75. The third-order valence-corrected chi connectivity index (χ3v) is 3.35. The van der Waals surface area contributed by atoms with Gasteiger partial charge in [-0.3, -0.25) is 10.1 Å². The Labute approximate surface area is 108 Å². The lowest BCUT2D eigenvalue weighted by molar-refractivity contribution is -0.147. The first kappa shape index (κ1) is 13.2. The highest BCUT2D eigenvalue weighted by Gasteiger charge is 2.44. The third-order valence-electron chi connectivity index (χ3n) is 3.35. The summed E-state index contributed by atoms with van der Waals surface area (Å²) in [4.78, 5) is 22.5. The summed E-state index contributed by atoms with van der Waals surface area (Å²) in [6, 6.07) is 1.27. The lowest BCUT2D eigenvalue weighted by atomic mass is 9.80. The Hall–Kier alpha value is -2.28. The van der Waals surface area contributed by atoms with Crippen LogP contribution in [-0.4, -0.2) is 38.4 Å². The van der Waals surface area contributed by atoms with E-state index in [0.717, 1.165) is 6.07 Å². The number of fused-ring (bicyclic) bond motifs is 1. The highest BCUT2D eigenvalue weighted by molar-refractivity contribution is 5.84. The van der Waals surface area contributed by atoms with Gasteiger partial charge >= 0.3 is 11.9 Å². The molecular weight excluding hydrogens is 254 g/mol. The number of hydrogen-bond acceptors (Lipinski definition) is 5. The molecule has 1 aromatic carbocycles. The standard InChI is InChI=1S/C12H13NO6/c1-12(11(18)19)6-4-9(15)8(14)3-5(6)2-7(13-12)10(16)17/h3-4,7,13-15H,2H2,1H3,(H,16,17)(H,18,19)/t7-,12?/m0/s1. The minimum atomic E-state index is -1.64. The van der Waals surface area contributed by atoms with Gasteiger partial charge in [0.1, 0.15) is 11.6 Å². The molecule has 5 N–H and O–H groups in total. The molecule has 102 valence electrons. The Morgan fingerprint density at radius 3 is 2.37 bits per heavy atom. The number of carboxylic acid groups (broad SMARTS) is 2. The predicted molar refractivity (Wildman–Crippen MR) is 63.0 cm³/mol. The van der Waals surface area contributed by atoms with Crippen molar-refractivity contribution in [1.82, 2.24) is 5.32 Å². The van der Waals surface area contributed by atoms with Crippen molar-refractivity contribution >= 4 is 11.9 Å². The minimum Gasteiger partial charge on any atom is -0.504 e. The maximum atomic E-state index is 11.4. The van der Waals surface area contributed by atoms with E-state index in [1.165, 1.54) is 13.0 Å². The number of hydrogen-bond donors (Lipinski definition) is 5. The summed E-state index contributed by atoms with van der Waals surface area (Å²) in [6.45, 7) is 1.32. The first-order valence-electron chi connectivity index (χ1n) is 5.55. The highest BCUT2D eigenvalue weighted by atomic mass is 16.4. The van der Waals surface area contributed by atoms with Crippen LogP contribution >= 0.6 is 0 Å². The SMILES string of the molecule is CC1(C(=O)O)N[C@H](C(=O)O)Cc2cc(O)c(O)cc21. The van der Waals surface area contributed by atoms with Gasteiger partial charge in [-0.25, -0.2) is 4.79 Å². The van der Waals surface area contributed by atoms with E-state index >= 15 is 0 Å². The van der Waals surface area contributed by atoms with E-state index in [9.17, 15) is 24.9 Å². The monoisotopic (exact) mass is 267 g/mol. The lowest BCUT2D eigenvalue weighted by Crippen LogP contribution is -2.58. The number of carbonyl (C=O) groups is 2. The molecular formula is C12H13NO6. The highest BCUT2D eigenvalue weighted by Crippen LogP contribution is 2.37. The molecule has 2 atom stereocenters. The van der Waals surface area contributed by atoms with E-state index in [0.29, 0.717) is 5.56 Å².